The van der Waals surface area contributed by atoms with Crippen LogP contribution in [-0.4, -0.2) is 23.6 Å². The van der Waals surface area contributed by atoms with Crippen molar-refractivity contribution in [1.82, 2.24) is 5.32 Å². The van der Waals surface area contributed by atoms with Gasteiger partial charge in [0.05, 0.1) is 5.25 Å². The lowest BCUT2D eigenvalue weighted by Gasteiger charge is -2.19. The van der Waals surface area contributed by atoms with Gasteiger partial charge in [-0.3, -0.25) is 14.5 Å². The number of hydrogen-bond donors (Lipinski definition) is 1. The Balaban J connectivity index is 1.62. The second kappa shape index (κ2) is 11.5. The van der Waals surface area contributed by atoms with Gasteiger partial charge in [-0.25, -0.2) is 0 Å². The second-order valence-corrected chi connectivity index (χ2v) is 9.87. The lowest BCUT2D eigenvalue weighted by Crippen LogP contribution is -2.32. The van der Waals surface area contributed by atoms with Crippen LogP contribution in [0.5, 0.6) is 0 Å². The quantitative estimate of drug-likeness (QED) is 0.316. The molecular weight excluding hydrogens is 501 g/mol. The normalized spacial score (nSPS) is 16.7. The summed E-state index contributed by atoms with van der Waals surface area (Å²) in [6, 6.07) is 25.8. The zero-order valence-electron chi connectivity index (χ0n) is 18.6. The molecule has 1 N–H and O–H groups in total. The average Bonchev–Trinajstić information content (AvgIpc) is 3.17. The highest BCUT2D eigenvalue weighted by Crippen LogP contribution is 2.42. The number of amides is 2. The van der Waals surface area contributed by atoms with Crippen molar-refractivity contribution in [2.24, 2.45) is 0 Å². The fourth-order valence-corrected chi connectivity index (χ4v) is 5.36. The molecule has 4 rings (SSSR count). The smallest absolute Gasteiger partial charge is 0.264 e. The fourth-order valence-electron chi connectivity index (χ4n) is 3.73. The number of nitrogens with one attached hydrogen (secondary N) is 1. The number of nitriles is 1. The number of hydrogen-bond acceptors (Lipinski definition) is 4. The van der Waals surface area contributed by atoms with E-state index in [1.54, 1.807) is 30.3 Å². The van der Waals surface area contributed by atoms with Crippen molar-refractivity contribution < 1.29 is 9.59 Å². The van der Waals surface area contributed by atoms with Crippen molar-refractivity contribution in [1.29, 1.82) is 5.26 Å². The van der Waals surface area contributed by atoms with Gasteiger partial charge in [-0.15, -0.1) is 0 Å². The van der Waals surface area contributed by atoms with Crippen LogP contribution in [0.3, 0.4) is 0 Å². The molecule has 0 spiro atoms. The van der Waals surface area contributed by atoms with E-state index in [4.69, 9.17) is 23.2 Å². The van der Waals surface area contributed by atoms with Crippen molar-refractivity contribution in [2.45, 2.75) is 18.1 Å². The molecule has 0 aromatic heterocycles. The zero-order valence-corrected chi connectivity index (χ0v) is 20.9. The van der Waals surface area contributed by atoms with Crippen LogP contribution in [-0.2, 0) is 22.4 Å². The van der Waals surface area contributed by atoms with E-state index < -0.39 is 11.2 Å². The van der Waals surface area contributed by atoms with Crippen LogP contribution in [0.4, 0.5) is 5.69 Å². The summed E-state index contributed by atoms with van der Waals surface area (Å²) in [7, 11) is 0. The summed E-state index contributed by atoms with van der Waals surface area (Å²) in [6.07, 6.45) is 0.994. The summed E-state index contributed by atoms with van der Waals surface area (Å²) < 4.78 is 0. The van der Waals surface area contributed by atoms with Crippen molar-refractivity contribution in [3.05, 3.63) is 111 Å². The largest absolute Gasteiger partial charge is 0.351 e. The highest BCUT2D eigenvalue weighted by atomic mass is 35.5. The molecule has 0 radical (unpaired) electrons. The van der Waals surface area contributed by atoms with Gasteiger partial charge in [0.1, 0.15) is 16.7 Å². The van der Waals surface area contributed by atoms with E-state index in [9.17, 15) is 14.9 Å². The SMILES string of the molecule is N#C/C(C(=O)NCCc1ccccc1)=C1/SC(Cc2ccccc2Cl)C(=O)N1c1ccc(Cl)cc1. The van der Waals surface area contributed by atoms with E-state index in [1.165, 1.54) is 16.7 Å². The van der Waals surface area contributed by atoms with E-state index in [2.05, 4.69) is 5.32 Å². The minimum atomic E-state index is -0.541. The summed E-state index contributed by atoms with van der Waals surface area (Å²) in [5.74, 6) is -0.742. The number of thioether (sulfide) groups is 1. The Morgan fingerprint density at radius 2 is 1.69 bits per heavy atom. The van der Waals surface area contributed by atoms with Crippen molar-refractivity contribution in [2.75, 3.05) is 11.4 Å². The Labute approximate surface area is 218 Å². The minimum absolute atomic E-state index is 0.104. The number of rotatable bonds is 7. The van der Waals surface area contributed by atoms with Gasteiger partial charge >= 0.3 is 0 Å². The van der Waals surface area contributed by atoms with Crippen LogP contribution >= 0.6 is 35.0 Å². The van der Waals surface area contributed by atoms with E-state index in [-0.39, 0.29) is 11.5 Å². The molecule has 1 heterocycles. The van der Waals surface area contributed by atoms with Gasteiger partial charge in [0.25, 0.3) is 5.91 Å². The molecule has 1 aliphatic heterocycles. The number of nitrogens with zero attached hydrogens (tertiary/aromatic N) is 2. The summed E-state index contributed by atoms with van der Waals surface area (Å²) in [4.78, 5) is 28.0. The molecule has 0 bridgehead atoms. The van der Waals surface area contributed by atoms with Crippen molar-refractivity contribution in [3.8, 4) is 6.07 Å². The van der Waals surface area contributed by atoms with Crippen LogP contribution in [0.25, 0.3) is 0 Å². The second-order valence-electron chi connectivity index (χ2n) is 7.84. The van der Waals surface area contributed by atoms with Gasteiger partial charge in [-0.1, -0.05) is 83.5 Å². The topological polar surface area (TPSA) is 73.2 Å². The first kappa shape index (κ1) is 24.9. The lowest BCUT2D eigenvalue weighted by atomic mass is 10.1. The summed E-state index contributed by atoms with van der Waals surface area (Å²) >= 11 is 13.6. The minimum Gasteiger partial charge on any atom is -0.351 e. The van der Waals surface area contributed by atoms with E-state index >= 15 is 0 Å². The molecule has 5 nitrogen and oxygen atoms in total. The first-order valence-corrected chi connectivity index (χ1v) is 12.6. The van der Waals surface area contributed by atoms with Crippen LogP contribution in [0.2, 0.25) is 10.0 Å². The molecule has 3 aromatic carbocycles. The first-order chi connectivity index (χ1) is 17.0. The third-order valence-electron chi connectivity index (χ3n) is 5.50. The predicted octanol–water partition coefficient (Wildman–Crippen LogP) is 5.78. The van der Waals surface area contributed by atoms with Gasteiger partial charge < -0.3 is 5.32 Å². The Kier molecular flexibility index (Phi) is 8.14. The third-order valence-corrected chi connectivity index (χ3v) is 7.38. The molecule has 1 unspecified atom stereocenters. The predicted molar refractivity (Wildman–Crippen MR) is 141 cm³/mol. The molecule has 1 atom stereocenters. The molecular formula is C27H21Cl2N3O2S. The maximum atomic E-state index is 13.5. The van der Waals surface area contributed by atoms with Crippen LogP contribution in [0.15, 0.2) is 89.5 Å². The number of benzene rings is 3. The number of anilines is 1. The third kappa shape index (κ3) is 5.88. The molecule has 2 amide bonds. The Bertz CT molecular complexity index is 1300. The maximum Gasteiger partial charge on any atom is 0.264 e. The van der Waals surface area contributed by atoms with Crippen molar-refractivity contribution >= 4 is 52.5 Å². The average molecular weight is 522 g/mol. The fraction of sp³-hybridized carbons (Fsp3) is 0.148. The molecule has 0 aliphatic carbocycles. The van der Waals surface area contributed by atoms with Gasteiger partial charge in [-0.05, 0) is 54.3 Å². The molecule has 8 heteroatoms. The Hall–Kier alpha value is -3.24. The standard InChI is InChI=1S/C27H21Cl2N3O2S/c28-20-10-12-21(13-11-20)32-26(34)24(16-19-8-4-5-9-23(19)29)35-27(32)22(17-30)25(33)31-15-14-18-6-2-1-3-7-18/h1-13,24H,14-16H2,(H,31,33)/b27-22-. The molecule has 3 aromatic rings. The highest BCUT2D eigenvalue weighted by molar-refractivity contribution is 8.05. The van der Waals surface area contributed by atoms with E-state index in [0.717, 1.165) is 11.1 Å². The highest BCUT2D eigenvalue weighted by Gasteiger charge is 2.41. The maximum absolute atomic E-state index is 13.5. The molecule has 35 heavy (non-hydrogen) atoms. The monoisotopic (exact) mass is 521 g/mol. The van der Waals surface area contributed by atoms with Gasteiger partial charge in [-0.2, -0.15) is 5.26 Å². The molecule has 1 saturated heterocycles. The van der Waals surface area contributed by atoms with Gasteiger partial charge in [0.2, 0.25) is 5.91 Å². The Morgan fingerprint density at radius 3 is 2.37 bits per heavy atom. The van der Waals surface area contributed by atoms with Gasteiger partial charge in [0.15, 0.2) is 0 Å². The summed E-state index contributed by atoms with van der Waals surface area (Å²) in [5, 5.41) is 13.6. The first-order valence-electron chi connectivity index (χ1n) is 10.9. The zero-order chi connectivity index (χ0) is 24.8. The van der Waals surface area contributed by atoms with Crippen LogP contribution < -0.4 is 10.2 Å². The summed E-state index contributed by atoms with van der Waals surface area (Å²) in [5.41, 5.74) is 2.33. The Morgan fingerprint density at radius 1 is 1.00 bits per heavy atom. The molecule has 1 aliphatic rings. The van der Waals surface area contributed by atoms with Crippen molar-refractivity contribution in [3.63, 3.8) is 0 Å². The lowest BCUT2D eigenvalue weighted by molar-refractivity contribution is -0.117. The summed E-state index contributed by atoms with van der Waals surface area (Å²) in [6.45, 7) is 0.365. The van der Waals surface area contributed by atoms with Crippen LogP contribution in [0, 0.1) is 11.3 Å². The molecule has 0 saturated carbocycles. The molecule has 176 valence electrons. The van der Waals surface area contributed by atoms with E-state index in [0.29, 0.717) is 40.1 Å². The van der Waals surface area contributed by atoms with Gasteiger partial charge in [0, 0.05) is 22.3 Å². The molecule has 1 fully saturated rings. The number of carbonyl (C=O) groups excluding carboxylic acids is 2. The van der Waals surface area contributed by atoms with Crippen LogP contribution in [0.1, 0.15) is 11.1 Å². The van der Waals surface area contributed by atoms with E-state index in [1.807, 2.05) is 54.6 Å². The number of carbonyl (C=O) groups is 2. The number of halogens is 2.